The zero-order valence-electron chi connectivity index (χ0n) is 21.9. The van der Waals surface area contributed by atoms with Crippen LogP contribution in [-0.4, -0.2) is 73.2 Å². The number of amides is 1. The van der Waals surface area contributed by atoms with Crippen molar-refractivity contribution in [1.82, 2.24) is 19.7 Å². The lowest BCUT2D eigenvalue weighted by atomic mass is 9.96. The highest BCUT2D eigenvalue weighted by atomic mass is 31.2. The predicted octanol–water partition coefficient (Wildman–Crippen LogP) is -0.0342. The average Bonchev–Trinajstić information content (AvgIpc) is 3.48. The van der Waals surface area contributed by atoms with Crippen molar-refractivity contribution < 1.29 is 42.9 Å². The molecule has 16 nitrogen and oxygen atoms in total. The monoisotopic (exact) mass is 589 g/mol. The van der Waals surface area contributed by atoms with E-state index < -0.39 is 62.3 Å². The van der Waals surface area contributed by atoms with Crippen LogP contribution in [0.2, 0.25) is 0 Å². The van der Waals surface area contributed by atoms with Crippen LogP contribution in [0.3, 0.4) is 0 Å². The Labute approximate surface area is 233 Å². The third kappa shape index (κ3) is 6.15. The summed E-state index contributed by atoms with van der Waals surface area (Å²) in [7, 11) is -4.53. The van der Waals surface area contributed by atoms with Crippen molar-refractivity contribution in [3.05, 3.63) is 54.5 Å². The first-order valence-electron chi connectivity index (χ1n) is 12.2. The second-order valence-electron chi connectivity index (χ2n) is 9.18. The van der Waals surface area contributed by atoms with Crippen molar-refractivity contribution in [3.63, 3.8) is 0 Å². The summed E-state index contributed by atoms with van der Waals surface area (Å²) in [6.07, 6.45) is -4.85. The van der Waals surface area contributed by atoms with Gasteiger partial charge in [-0.25, -0.2) is 14.1 Å². The van der Waals surface area contributed by atoms with Crippen LogP contribution in [0, 0.1) is 11.3 Å². The third-order valence-corrected chi connectivity index (χ3v) is 7.88. The molecule has 4 rings (SSSR count). The molecular weight excluding hydrogens is 561 g/mol. The predicted molar refractivity (Wildman–Crippen MR) is 140 cm³/mol. The zero-order chi connectivity index (χ0) is 29.9. The largest absolute Gasteiger partial charge is 0.459 e. The number of carbonyl (C=O) groups excluding carboxylic acids is 2. The van der Waals surface area contributed by atoms with E-state index in [1.54, 1.807) is 30.3 Å². The van der Waals surface area contributed by atoms with E-state index in [4.69, 9.17) is 30.0 Å². The number of nitrogens with one attached hydrogen (secondary N) is 1. The molecule has 2 aromatic heterocycles. The summed E-state index contributed by atoms with van der Waals surface area (Å²) in [6.45, 7) is 1.65. The van der Waals surface area contributed by atoms with E-state index in [-0.39, 0.29) is 17.3 Å². The summed E-state index contributed by atoms with van der Waals surface area (Å²) in [4.78, 5) is 27.6. The minimum Gasteiger partial charge on any atom is -0.451 e. The molecule has 17 heteroatoms. The first kappa shape index (κ1) is 29.9. The number of nitriles is 1. The van der Waals surface area contributed by atoms with E-state index in [1.165, 1.54) is 42.9 Å². The molecule has 0 aliphatic carbocycles. The first-order chi connectivity index (χ1) is 19.4. The summed E-state index contributed by atoms with van der Waals surface area (Å²) >= 11 is 0. The molecule has 3 heterocycles. The van der Waals surface area contributed by atoms with Gasteiger partial charge in [-0.1, -0.05) is 18.2 Å². The van der Waals surface area contributed by atoms with Gasteiger partial charge in [0.05, 0.1) is 5.69 Å². The van der Waals surface area contributed by atoms with Gasteiger partial charge in [0, 0.05) is 0 Å². The fourth-order valence-corrected chi connectivity index (χ4v) is 5.51. The third-order valence-electron chi connectivity index (χ3n) is 6.26. The zero-order valence-corrected chi connectivity index (χ0v) is 22.8. The number of nitrogens with two attached hydrogens (primary N) is 2. The molecule has 7 N–H and O–H groups in total. The molecule has 1 aromatic carbocycles. The van der Waals surface area contributed by atoms with E-state index in [9.17, 15) is 29.6 Å². The Morgan fingerprint density at radius 3 is 2.63 bits per heavy atom. The van der Waals surface area contributed by atoms with Crippen LogP contribution in [0.5, 0.6) is 5.75 Å². The van der Waals surface area contributed by atoms with Crippen molar-refractivity contribution in [1.29, 1.82) is 5.26 Å². The van der Waals surface area contributed by atoms with Gasteiger partial charge < -0.3 is 35.7 Å². The van der Waals surface area contributed by atoms with E-state index in [0.29, 0.717) is 5.52 Å². The maximum absolute atomic E-state index is 13.8. The van der Waals surface area contributed by atoms with Gasteiger partial charge in [-0.3, -0.25) is 14.1 Å². The molecule has 0 bridgehead atoms. The molecule has 1 saturated heterocycles. The van der Waals surface area contributed by atoms with Crippen molar-refractivity contribution in [3.8, 4) is 11.8 Å². The van der Waals surface area contributed by atoms with E-state index in [0.717, 1.165) is 0 Å². The molecule has 3 aromatic rings. The second-order valence-corrected chi connectivity index (χ2v) is 10.9. The standard InChI is InChI=1S/C24H28N7O9P/c1-13(23(35)38-14(2)22(27)34)30-41(36,40-15-6-4-3-5-7-15)37-11-24(10-25)20(33)18(32)19(39-24)16-8-9-17-21(26)28-12-29-31(16)17/h3-9,12-14,18-20,32-33H,11H2,1-2H3,(H2,27,34)(H,30,36)(H2,26,28,29)/t13-,14-,18-,19-,20-,24+,41?/m0/s1. The van der Waals surface area contributed by atoms with Crippen LogP contribution in [0.4, 0.5) is 5.82 Å². The van der Waals surface area contributed by atoms with Crippen LogP contribution < -0.4 is 21.1 Å². The molecule has 7 atom stereocenters. The van der Waals surface area contributed by atoms with Gasteiger partial charge in [-0.05, 0) is 38.1 Å². The van der Waals surface area contributed by atoms with E-state index in [1.807, 2.05) is 0 Å². The number of primary amides is 1. The Kier molecular flexibility index (Phi) is 8.59. The normalized spacial score (nSPS) is 25.1. The van der Waals surface area contributed by atoms with Crippen LogP contribution in [0.25, 0.3) is 5.52 Å². The molecular formula is C24H28N7O9P. The van der Waals surface area contributed by atoms with E-state index >= 15 is 0 Å². The lowest BCUT2D eigenvalue weighted by molar-refractivity contribution is -0.155. The van der Waals surface area contributed by atoms with Gasteiger partial charge in [0.15, 0.2) is 11.9 Å². The summed E-state index contributed by atoms with van der Waals surface area (Å²) in [5.74, 6) is -1.67. The fourth-order valence-electron chi connectivity index (χ4n) is 3.99. The van der Waals surface area contributed by atoms with Crippen molar-refractivity contribution in [2.24, 2.45) is 5.73 Å². The molecule has 1 unspecified atom stereocenters. The van der Waals surface area contributed by atoms with Crippen molar-refractivity contribution >= 4 is 31.0 Å². The number of esters is 1. The lowest BCUT2D eigenvalue weighted by Crippen LogP contribution is -2.46. The van der Waals surface area contributed by atoms with Gasteiger partial charge in [0.2, 0.25) is 5.60 Å². The number of nitrogen functional groups attached to an aromatic ring is 1. The fraction of sp³-hybridized carbons (Fsp3) is 0.375. The molecule has 1 fully saturated rings. The number of aliphatic hydroxyl groups is 2. The Hall–Kier alpha value is -4.10. The number of carbonyl (C=O) groups is 2. The van der Waals surface area contributed by atoms with Crippen molar-refractivity contribution in [2.75, 3.05) is 12.3 Å². The summed E-state index contributed by atoms with van der Waals surface area (Å²) in [6, 6.07) is 11.3. The SMILES string of the molecule is C[C@H](NP(=O)(OC[C@@]1(C#N)O[C@@H](c2ccc3c(N)ncnn23)[C@H](O)[C@@H]1O)Oc1ccccc1)C(=O)O[C@@H](C)C(N)=O. The molecule has 218 valence electrons. The first-order valence-corrected chi connectivity index (χ1v) is 13.7. The molecule has 1 aliphatic heterocycles. The summed E-state index contributed by atoms with van der Waals surface area (Å²) in [5, 5.41) is 38.3. The van der Waals surface area contributed by atoms with Crippen molar-refractivity contribution in [2.45, 2.75) is 49.9 Å². The molecule has 1 aliphatic rings. The number of aliphatic hydroxyl groups excluding tert-OH is 2. The molecule has 0 saturated carbocycles. The molecule has 0 spiro atoms. The topological polar surface area (TPSA) is 247 Å². The minimum atomic E-state index is -4.53. The number of anilines is 1. The Morgan fingerprint density at radius 1 is 1.27 bits per heavy atom. The molecule has 1 amide bonds. The Bertz CT molecular complexity index is 1510. The van der Waals surface area contributed by atoms with Gasteiger partial charge in [-0.15, -0.1) is 0 Å². The van der Waals surface area contributed by atoms with Crippen LogP contribution >= 0.6 is 7.75 Å². The second kappa shape index (κ2) is 11.8. The van der Waals surface area contributed by atoms with E-state index in [2.05, 4.69) is 15.2 Å². The number of aromatic nitrogens is 3. The van der Waals surface area contributed by atoms with Gasteiger partial charge in [0.25, 0.3) is 5.91 Å². The number of fused-ring (bicyclic) bond motifs is 1. The maximum atomic E-state index is 13.8. The number of benzene rings is 1. The Balaban J connectivity index is 1.58. The van der Waals surface area contributed by atoms with Crippen LogP contribution in [0.15, 0.2) is 48.8 Å². The molecule has 41 heavy (non-hydrogen) atoms. The summed E-state index contributed by atoms with van der Waals surface area (Å²) in [5.41, 5.74) is 9.40. The lowest BCUT2D eigenvalue weighted by Gasteiger charge is -2.28. The highest BCUT2D eigenvalue weighted by Gasteiger charge is 2.57. The van der Waals surface area contributed by atoms with Gasteiger partial charge in [0.1, 0.15) is 54.6 Å². The summed E-state index contributed by atoms with van der Waals surface area (Å²) < 4.78 is 37.0. The number of hydrogen-bond donors (Lipinski definition) is 5. The van der Waals surface area contributed by atoms with Crippen LogP contribution in [0.1, 0.15) is 25.6 Å². The van der Waals surface area contributed by atoms with Gasteiger partial charge in [-0.2, -0.15) is 15.4 Å². The minimum absolute atomic E-state index is 0.0724. The smallest absolute Gasteiger partial charge is 0.451 e. The van der Waals surface area contributed by atoms with Crippen LogP contribution in [-0.2, 0) is 28.2 Å². The molecule has 0 radical (unpaired) electrons. The number of rotatable bonds is 11. The number of para-hydroxylation sites is 1. The quantitative estimate of drug-likeness (QED) is 0.146. The number of hydrogen-bond acceptors (Lipinski definition) is 13. The highest BCUT2D eigenvalue weighted by Crippen LogP contribution is 2.48. The average molecular weight is 590 g/mol. The van der Waals surface area contributed by atoms with Gasteiger partial charge >= 0.3 is 13.7 Å². The highest BCUT2D eigenvalue weighted by molar-refractivity contribution is 7.52. The number of nitrogens with zero attached hydrogens (tertiary/aromatic N) is 4. The maximum Gasteiger partial charge on any atom is 0.459 e. The number of ether oxygens (including phenoxy) is 2. The Morgan fingerprint density at radius 2 is 1.98 bits per heavy atom.